The van der Waals surface area contributed by atoms with Crippen LogP contribution in [0.1, 0.15) is 31.9 Å². The van der Waals surface area contributed by atoms with Crippen molar-refractivity contribution in [3.05, 3.63) is 58.8 Å². The molecule has 4 nitrogen and oxygen atoms in total. The molecule has 146 valence electrons. The molecule has 0 saturated heterocycles. The number of amides is 1. The van der Waals surface area contributed by atoms with Gasteiger partial charge in [0, 0.05) is 39.7 Å². The first-order chi connectivity index (χ1) is 13.5. The van der Waals surface area contributed by atoms with Gasteiger partial charge in [0.25, 0.3) is 0 Å². The van der Waals surface area contributed by atoms with E-state index in [-0.39, 0.29) is 5.91 Å². The van der Waals surface area contributed by atoms with Crippen LogP contribution in [-0.4, -0.2) is 19.1 Å². The molecule has 1 N–H and O–H groups in total. The fourth-order valence-electron chi connectivity index (χ4n) is 3.29. The lowest BCUT2D eigenvalue weighted by atomic mass is 9.96. The van der Waals surface area contributed by atoms with Crippen molar-refractivity contribution in [1.82, 2.24) is 5.32 Å². The minimum atomic E-state index is -0.120. The van der Waals surface area contributed by atoms with Crippen LogP contribution in [0, 0.1) is 6.92 Å². The molecule has 0 radical (unpaired) electrons. The van der Waals surface area contributed by atoms with E-state index in [9.17, 15) is 4.79 Å². The number of benzene rings is 2. The third-order valence-electron chi connectivity index (χ3n) is 4.61. The van der Waals surface area contributed by atoms with Gasteiger partial charge >= 0.3 is 0 Å². The SMILES string of the molecule is CCNC(=O)/C=C(\C)c1cc2c(-c3ccc(Cl)cc3)coc2c(C)c1OCC. The lowest BCUT2D eigenvalue weighted by molar-refractivity contribution is -0.116. The average Bonchev–Trinajstić information content (AvgIpc) is 3.09. The number of furan rings is 1. The van der Waals surface area contributed by atoms with Crippen molar-refractivity contribution in [1.29, 1.82) is 0 Å². The molecule has 0 unspecified atom stereocenters. The second-order valence-corrected chi connectivity index (χ2v) is 7.00. The van der Waals surface area contributed by atoms with Crippen molar-refractivity contribution in [2.45, 2.75) is 27.7 Å². The highest BCUT2D eigenvalue weighted by molar-refractivity contribution is 6.30. The maximum atomic E-state index is 12.1. The van der Waals surface area contributed by atoms with Gasteiger partial charge in [-0.3, -0.25) is 4.79 Å². The van der Waals surface area contributed by atoms with E-state index in [1.807, 2.05) is 58.0 Å². The summed E-state index contributed by atoms with van der Waals surface area (Å²) in [6, 6.07) is 9.69. The van der Waals surface area contributed by atoms with Crippen molar-refractivity contribution in [2.75, 3.05) is 13.2 Å². The number of carbonyl (C=O) groups excluding carboxylic acids is 1. The van der Waals surface area contributed by atoms with Crippen molar-refractivity contribution in [3.8, 4) is 16.9 Å². The molecule has 3 aromatic rings. The van der Waals surface area contributed by atoms with Gasteiger partial charge < -0.3 is 14.5 Å². The lowest BCUT2D eigenvalue weighted by Gasteiger charge is -2.15. The van der Waals surface area contributed by atoms with Gasteiger partial charge in [-0.25, -0.2) is 0 Å². The van der Waals surface area contributed by atoms with Crippen LogP contribution in [0.5, 0.6) is 5.75 Å². The number of ether oxygens (including phenoxy) is 1. The zero-order chi connectivity index (χ0) is 20.3. The Balaban J connectivity index is 2.21. The maximum Gasteiger partial charge on any atom is 0.244 e. The third kappa shape index (κ3) is 3.92. The second kappa shape index (κ2) is 8.53. The van der Waals surface area contributed by atoms with Gasteiger partial charge in [-0.15, -0.1) is 0 Å². The molecule has 28 heavy (non-hydrogen) atoms. The number of hydrogen-bond acceptors (Lipinski definition) is 3. The molecule has 0 fully saturated rings. The van der Waals surface area contributed by atoms with Crippen LogP contribution in [0.4, 0.5) is 0 Å². The first kappa shape index (κ1) is 20.0. The topological polar surface area (TPSA) is 51.5 Å². The molecule has 1 amide bonds. The van der Waals surface area contributed by atoms with E-state index in [1.165, 1.54) is 0 Å². The molecule has 0 atom stereocenters. The van der Waals surface area contributed by atoms with Crippen LogP contribution in [0.3, 0.4) is 0 Å². The Labute approximate surface area is 170 Å². The second-order valence-electron chi connectivity index (χ2n) is 6.57. The predicted octanol–water partition coefficient (Wildman–Crippen LogP) is 6.00. The fraction of sp³-hybridized carbons (Fsp3) is 0.261. The molecule has 0 saturated carbocycles. The van der Waals surface area contributed by atoms with E-state index in [4.69, 9.17) is 20.8 Å². The summed E-state index contributed by atoms with van der Waals surface area (Å²) >= 11 is 6.03. The maximum absolute atomic E-state index is 12.1. The minimum Gasteiger partial charge on any atom is -0.493 e. The number of aryl methyl sites for hydroxylation is 1. The van der Waals surface area contributed by atoms with E-state index in [2.05, 4.69) is 5.32 Å². The van der Waals surface area contributed by atoms with E-state index in [0.717, 1.165) is 44.5 Å². The van der Waals surface area contributed by atoms with Crippen molar-refractivity contribution in [2.24, 2.45) is 0 Å². The van der Waals surface area contributed by atoms with E-state index in [0.29, 0.717) is 18.2 Å². The molecular weight excluding hydrogens is 374 g/mol. The third-order valence-corrected chi connectivity index (χ3v) is 4.86. The molecule has 0 bridgehead atoms. The zero-order valence-electron chi connectivity index (χ0n) is 16.6. The number of carbonyl (C=O) groups is 1. The average molecular weight is 398 g/mol. The highest BCUT2D eigenvalue weighted by Gasteiger charge is 2.19. The molecule has 1 aromatic heterocycles. The van der Waals surface area contributed by atoms with Crippen LogP contribution in [0.2, 0.25) is 5.02 Å². The van der Waals surface area contributed by atoms with Gasteiger partial charge in [0.1, 0.15) is 11.3 Å². The summed E-state index contributed by atoms with van der Waals surface area (Å²) in [5, 5.41) is 4.46. The van der Waals surface area contributed by atoms with E-state index in [1.54, 1.807) is 12.3 Å². The minimum absolute atomic E-state index is 0.120. The van der Waals surface area contributed by atoms with Crippen LogP contribution in [-0.2, 0) is 4.79 Å². The van der Waals surface area contributed by atoms with Gasteiger partial charge in [-0.1, -0.05) is 23.7 Å². The molecular formula is C23H24ClNO3. The highest BCUT2D eigenvalue weighted by atomic mass is 35.5. The first-order valence-electron chi connectivity index (χ1n) is 9.36. The number of rotatable bonds is 6. The molecule has 1 heterocycles. The summed E-state index contributed by atoms with van der Waals surface area (Å²) in [6.07, 6.45) is 3.36. The number of allylic oxidation sites excluding steroid dienone is 1. The van der Waals surface area contributed by atoms with Gasteiger partial charge in [0.15, 0.2) is 0 Å². The standard InChI is InChI=1S/C23H24ClNO3/c1-5-25-21(26)11-14(3)18-12-19-20(16-7-9-17(24)10-8-16)13-28-23(19)15(4)22(18)27-6-2/h7-13H,5-6H2,1-4H3,(H,25,26)/b14-11+. The summed E-state index contributed by atoms with van der Waals surface area (Å²) in [6.45, 7) is 8.84. The van der Waals surface area contributed by atoms with Gasteiger partial charge in [0.2, 0.25) is 5.91 Å². The summed E-state index contributed by atoms with van der Waals surface area (Å²) in [7, 11) is 0. The summed E-state index contributed by atoms with van der Waals surface area (Å²) < 4.78 is 11.8. The molecule has 0 spiro atoms. The Morgan fingerprint density at radius 2 is 1.96 bits per heavy atom. The molecule has 0 aliphatic carbocycles. The van der Waals surface area contributed by atoms with Crippen LogP contribution < -0.4 is 10.1 Å². The Kier molecular flexibility index (Phi) is 6.10. The molecule has 0 aliphatic rings. The van der Waals surface area contributed by atoms with Gasteiger partial charge in [-0.2, -0.15) is 0 Å². The quantitative estimate of drug-likeness (QED) is 0.519. The lowest BCUT2D eigenvalue weighted by Crippen LogP contribution is -2.20. The predicted molar refractivity (Wildman–Crippen MR) is 115 cm³/mol. The zero-order valence-corrected chi connectivity index (χ0v) is 17.3. The first-order valence-corrected chi connectivity index (χ1v) is 9.74. The fourth-order valence-corrected chi connectivity index (χ4v) is 3.42. The van der Waals surface area contributed by atoms with E-state index < -0.39 is 0 Å². The number of fused-ring (bicyclic) bond motifs is 1. The van der Waals surface area contributed by atoms with Crippen LogP contribution >= 0.6 is 11.6 Å². The number of hydrogen-bond donors (Lipinski definition) is 1. The Bertz CT molecular complexity index is 1030. The van der Waals surface area contributed by atoms with Crippen molar-refractivity contribution in [3.63, 3.8) is 0 Å². The summed E-state index contributed by atoms with van der Waals surface area (Å²) in [4.78, 5) is 12.1. The number of likely N-dealkylation sites (N-methyl/N-ethyl adjacent to an activating group) is 1. The van der Waals surface area contributed by atoms with Gasteiger partial charge in [0.05, 0.1) is 12.9 Å². The molecule has 5 heteroatoms. The highest BCUT2D eigenvalue weighted by Crippen LogP contribution is 2.40. The summed E-state index contributed by atoms with van der Waals surface area (Å²) in [5.41, 5.74) is 5.41. The number of nitrogens with one attached hydrogen (secondary N) is 1. The van der Waals surface area contributed by atoms with Crippen LogP contribution in [0.25, 0.3) is 27.7 Å². The Hall–Kier alpha value is -2.72. The number of halogens is 1. The van der Waals surface area contributed by atoms with Crippen LogP contribution in [0.15, 0.2) is 47.1 Å². The van der Waals surface area contributed by atoms with Gasteiger partial charge in [-0.05, 0) is 57.0 Å². The Morgan fingerprint density at radius 3 is 2.61 bits per heavy atom. The molecule has 3 rings (SSSR count). The Morgan fingerprint density at radius 1 is 1.25 bits per heavy atom. The largest absolute Gasteiger partial charge is 0.493 e. The normalized spacial score (nSPS) is 11.7. The molecule has 0 aliphatic heterocycles. The summed E-state index contributed by atoms with van der Waals surface area (Å²) in [5.74, 6) is 0.621. The van der Waals surface area contributed by atoms with Crippen molar-refractivity contribution < 1.29 is 13.9 Å². The van der Waals surface area contributed by atoms with Crippen molar-refractivity contribution >= 4 is 34.1 Å². The smallest absolute Gasteiger partial charge is 0.244 e. The van der Waals surface area contributed by atoms with E-state index >= 15 is 0 Å². The molecule has 2 aromatic carbocycles. The monoisotopic (exact) mass is 397 g/mol.